The fourth-order valence-corrected chi connectivity index (χ4v) is 2.34. The Labute approximate surface area is 121 Å². The number of hydrogen-bond acceptors (Lipinski definition) is 4. The van der Waals surface area contributed by atoms with Gasteiger partial charge in [0.1, 0.15) is 12.4 Å². The van der Waals surface area contributed by atoms with E-state index in [9.17, 15) is 0 Å². The Morgan fingerprint density at radius 1 is 1.32 bits per heavy atom. The average molecular weight is 282 g/mol. The Kier molecular flexibility index (Phi) is 7.94. The van der Waals surface area contributed by atoms with E-state index in [1.165, 1.54) is 12.2 Å². The number of hydrogen-bond donors (Lipinski definition) is 1. The van der Waals surface area contributed by atoms with Crippen LogP contribution in [0.25, 0.3) is 0 Å². The lowest BCUT2D eigenvalue weighted by Gasteiger charge is -2.24. The molecular weight excluding hydrogens is 256 g/mol. The highest BCUT2D eigenvalue weighted by Gasteiger charge is 2.08. The van der Waals surface area contributed by atoms with Crippen LogP contribution in [0.1, 0.15) is 18.9 Å². The van der Waals surface area contributed by atoms with Crippen LogP contribution in [0.5, 0.6) is 5.75 Å². The highest BCUT2D eigenvalue weighted by molar-refractivity contribution is 7.98. The minimum Gasteiger partial charge on any atom is -0.492 e. The van der Waals surface area contributed by atoms with E-state index in [0.717, 1.165) is 24.5 Å². The van der Waals surface area contributed by atoms with Gasteiger partial charge in [0.25, 0.3) is 0 Å². The Balaban J connectivity index is 2.24. The molecule has 0 heterocycles. The van der Waals surface area contributed by atoms with Crippen molar-refractivity contribution in [1.29, 1.82) is 0 Å². The van der Waals surface area contributed by atoms with Crippen LogP contribution >= 0.6 is 11.8 Å². The fourth-order valence-electron chi connectivity index (χ4n) is 1.76. The minimum atomic E-state index is 0.579. The van der Waals surface area contributed by atoms with Gasteiger partial charge in [-0.1, -0.05) is 12.1 Å². The van der Waals surface area contributed by atoms with Crippen LogP contribution in [-0.2, 0) is 6.54 Å². The van der Waals surface area contributed by atoms with Gasteiger partial charge in [-0.2, -0.15) is 11.8 Å². The third kappa shape index (κ3) is 6.32. The van der Waals surface area contributed by atoms with Gasteiger partial charge in [0, 0.05) is 19.1 Å². The molecule has 0 spiro atoms. The summed E-state index contributed by atoms with van der Waals surface area (Å²) < 4.78 is 5.74. The second-order valence-corrected chi connectivity index (χ2v) is 5.79. The van der Waals surface area contributed by atoms with Crippen molar-refractivity contribution in [3.8, 4) is 5.75 Å². The molecule has 1 rings (SSSR count). The van der Waals surface area contributed by atoms with Gasteiger partial charge in [-0.15, -0.1) is 0 Å². The van der Waals surface area contributed by atoms with E-state index in [1.54, 1.807) is 0 Å². The van der Waals surface area contributed by atoms with Crippen molar-refractivity contribution in [1.82, 2.24) is 4.90 Å². The highest BCUT2D eigenvalue weighted by atomic mass is 32.2. The maximum atomic E-state index is 5.74. The maximum absolute atomic E-state index is 5.74. The molecule has 0 bridgehead atoms. The lowest BCUT2D eigenvalue weighted by molar-refractivity contribution is 0.197. The molecule has 0 amide bonds. The molecule has 1 unspecified atom stereocenters. The summed E-state index contributed by atoms with van der Waals surface area (Å²) >= 11 is 1.90. The van der Waals surface area contributed by atoms with Crippen LogP contribution in [-0.4, -0.2) is 43.1 Å². The molecule has 0 saturated carbocycles. The maximum Gasteiger partial charge on any atom is 0.119 e. The molecule has 0 saturated heterocycles. The van der Waals surface area contributed by atoms with E-state index in [4.69, 9.17) is 10.5 Å². The number of ether oxygens (including phenoxy) is 1. The second kappa shape index (κ2) is 9.23. The van der Waals surface area contributed by atoms with Crippen molar-refractivity contribution in [2.24, 2.45) is 5.73 Å². The van der Waals surface area contributed by atoms with Crippen molar-refractivity contribution in [3.63, 3.8) is 0 Å². The topological polar surface area (TPSA) is 38.5 Å². The molecule has 0 aromatic heterocycles. The molecule has 0 aliphatic carbocycles. The lowest BCUT2D eigenvalue weighted by atomic mass is 10.2. The summed E-state index contributed by atoms with van der Waals surface area (Å²) in [5.41, 5.74) is 6.70. The second-order valence-electron chi connectivity index (χ2n) is 4.81. The summed E-state index contributed by atoms with van der Waals surface area (Å²) in [6, 6.07) is 8.61. The van der Waals surface area contributed by atoms with Crippen molar-refractivity contribution in [2.75, 3.05) is 32.2 Å². The van der Waals surface area contributed by atoms with Crippen molar-refractivity contribution in [3.05, 3.63) is 29.8 Å². The number of thioether (sulfide) groups is 1. The van der Waals surface area contributed by atoms with Crippen LogP contribution in [0.3, 0.4) is 0 Å². The summed E-state index contributed by atoms with van der Waals surface area (Å²) in [6.07, 6.45) is 3.38. The minimum absolute atomic E-state index is 0.579. The van der Waals surface area contributed by atoms with E-state index in [-0.39, 0.29) is 0 Å². The molecule has 1 aromatic carbocycles. The van der Waals surface area contributed by atoms with Gasteiger partial charge in [-0.3, -0.25) is 0 Å². The van der Waals surface area contributed by atoms with Crippen LogP contribution in [0, 0.1) is 0 Å². The summed E-state index contributed by atoms with van der Waals surface area (Å²) in [6.45, 7) is 4.53. The SMILES string of the molecule is CSCCC(C)N(C)CCOc1ccc(CN)cc1. The predicted octanol–water partition coefficient (Wildman–Crippen LogP) is 2.60. The third-order valence-corrected chi connectivity index (χ3v) is 4.01. The zero-order chi connectivity index (χ0) is 14.1. The molecule has 3 nitrogen and oxygen atoms in total. The quantitative estimate of drug-likeness (QED) is 0.755. The first-order valence-corrected chi connectivity index (χ1v) is 8.17. The highest BCUT2D eigenvalue weighted by Crippen LogP contribution is 2.12. The molecular formula is C15H26N2OS. The molecule has 1 aromatic rings. The van der Waals surface area contributed by atoms with E-state index >= 15 is 0 Å². The van der Waals surface area contributed by atoms with Crippen LogP contribution in [0.4, 0.5) is 0 Å². The molecule has 2 N–H and O–H groups in total. The van der Waals surface area contributed by atoms with Crippen LogP contribution in [0.2, 0.25) is 0 Å². The first-order chi connectivity index (χ1) is 9.17. The van der Waals surface area contributed by atoms with Gasteiger partial charge < -0.3 is 15.4 Å². The average Bonchev–Trinajstić information content (AvgIpc) is 2.45. The predicted molar refractivity (Wildman–Crippen MR) is 84.9 cm³/mol. The molecule has 0 fully saturated rings. The number of rotatable bonds is 9. The van der Waals surface area contributed by atoms with E-state index in [1.807, 2.05) is 36.0 Å². The molecule has 0 radical (unpaired) electrons. The van der Waals surface area contributed by atoms with Gasteiger partial charge in [-0.25, -0.2) is 0 Å². The third-order valence-electron chi connectivity index (χ3n) is 3.36. The van der Waals surface area contributed by atoms with Crippen molar-refractivity contribution >= 4 is 11.8 Å². The van der Waals surface area contributed by atoms with E-state index in [0.29, 0.717) is 12.6 Å². The fraction of sp³-hybridized carbons (Fsp3) is 0.600. The summed E-state index contributed by atoms with van der Waals surface area (Å²) in [7, 11) is 2.16. The van der Waals surface area contributed by atoms with Gasteiger partial charge in [0.05, 0.1) is 0 Å². The Morgan fingerprint density at radius 3 is 2.58 bits per heavy atom. The van der Waals surface area contributed by atoms with E-state index < -0.39 is 0 Å². The van der Waals surface area contributed by atoms with E-state index in [2.05, 4.69) is 25.1 Å². The van der Waals surface area contributed by atoms with Crippen LogP contribution in [0.15, 0.2) is 24.3 Å². The monoisotopic (exact) mass is 282 g/mol. The zero-order valence-electron chi connectivity index (χ0n) is 12.3. The first kappa shape index (κ1) is 16.3. The van der Waals surface area contributed by atoms with Gasteiger partial charge >= 0.3 is 0 Å². The van der Waals surface area contributed by atoms with Gasteiger partial charge in [-0.05, 0) is 50.1 Å². The summed E-state index contributed by atoms with van der Waals surface area (Å²) in [4.78, 5) is 2.35. The normalized spacial score (nSPS) is 12.7. The molecule has 0 aliphatic rings. The van der Waals surface area contributed by atoms with Crippen molar-refractivity contribution < 1.29 is 4.74 Å². The Bertz CT molecular complexity index is 343. The molecule has 19 heavy (non-hydrogen) atoms. The first-order valence-electron chi connectivity index (χ1n) is 6.78. The van der Waals surface area contributed by atoms with Gasteiger partial charge in [0.2, 0.25) is 0 Å². The largest absolute Gasteiger partial charge is 0.492 e. The van der Waals surface area contributed by atoms with Gasteiger partial charge in [0.15, 0.2) is 0 Å². The smallest absolute Gasteiger partial charge is 0.119 e. The standard InChI is InChI=1S/C15H26N2OS/c1-13(8-11-19-3)17(2)9-10-18-15-6-4-14(12-16)5-7-15/h4-7,13H,8-12,16H2,1-3H3. The zero-order valence-corrected chi connectivity index (χ0v) is 13.1. The molecule has 1 atom stereocenters. The lowest BCUT2D eigenvalue weighted by Crippen LogP contribution is -2.33. The van der Waals surface area contributed by atoms with Crippen molar-refractivity contribution in [2.45, 2.75) is 25.9 Å². The van der Waals surface area contributed by atoms with Crippen LogP contribution < -0.4 is 10.5 Å². The number of nitrogens with two attached hydrogens (primary N) is 1. The number of benzene rings is 1. The number of nitrogens with zero attached hydrogens (tertiary/aromatic N) is 1. The Morgan fingerprint density at radius 2 is 2.00 bits per heavy atom. The number of likely N-dealkylation sites (N-methyl/N-ethyl adjacent to an activating group) is 1. The summed E-state index contributed by atoms with van der Waals surface area (Å²) in [5, 5.41) is 0. The molecule has 108 valence electrons. The Hall–Kier alpha value is -0.710. The summed E-state index contributed by atoms with van der Waals surface area (Å²) in [5.74, 6) is 2.13. The molecule has 4 heteroatoms. The molecule has 0 aliphatic heterocycles.